The summed E-state index contributed by atoms with van der Waals surface area (Å²) >= 11 is 0. The summed E-state index contributed by atoms with van der Waals surface area (Å²) in [4.78, 5) is 13.2. The number of nitrogens with two attached hydrogens (primary N) is 1. The van der Waals surface area contributed by atoms with Crippen LogP contribution in [-0.4, -0.2) is 44.0 Å². The molecule has 0 bridgehead atoms. The first kappa shape index (κ1) is 10.5. The molecule has 1 rings (SSSR count). The van der Waals surface area contributed by atoms with Crippen LogP contribution in [-0.2, 0) is 4.79 Å². The highest BCUT2D eigenvalue weighted by atomic mass is 16.1. The van der Waals surface area contributed by atoms with Gasteiger partial charge in [-0.1, -0.05) is 0 Å². The van der Waals surface area contributed by atoms with Crippen molar-refractivity contribution >= 4 is 5.91 Å². The number of nitrogens with zero attached hydrogens (tertiary/aromatic N) is 1. The van der Waals surface area contributed by atoms with Gasteiger partial charge in [-0.3, -0.25) is 4.79 Å². The maximum atomic E-state index is 10.9. The second kappa shape index (κ2) is 5.19. The molecule has 1 aliphatic heterocycles. The summed E-state index contributed by atoms with van der Waals surface area (Å²) < 4.78 is 0. The summed E-state index contributed by atoms with van der Waals surface area (Å²) in [7, 11) is 2.12. The van der Waals surface area contributed by atoms with Crippen molar-refractivity contribution in [1.82, 2.24) is 10.2 Å². The van der Waals surface area contributed by atoms with Crippen LogP contribution < -0.4 is 11.1 Å². The Kier molecular flexibility index (Phi) is 4.18. The van der Waals surface area contributed by atoms with E-state index in [1.54, 1.807) is 0 Å². The summed E-state index contributed by atoms with van der Waals surface area (Å²) in [6, 6.07) is 0. The summed E-state index contributed by atoms with van der Waals surface area (Å²) in [5, 5.41) is 2.83. The van der Waals surface area contributed by atoms with E-state index in [2.05, 4.69) is 17.3 Å². The highest BCUT2D eigenvalue weighted by Crippen LogP contribution is 2.13. The first-order valence-electron chi connectivity index (χ1n) is 4.87. The fourth-order valence-electron chi connectivity index (χ4n) is 1.77. The normalized spacial score (nSPS) is 24.3. The standard InChI is InChI=1S/C9H19N3O/c1-12-4-2-3-8(7-12)6-11-9(13)5-10/h8H,2-7,10H2,1H3,(H,11,13)/t8-/m1/s1. The highest BCUT2D eigenvalue weighted by molar-refractivity contribution is 5.77. The van der Waals surface area contributed by atoms with Gasteiger partial charge in [-0.05, 0) is 32.4 Å². The number of carbonyl (C=O) groups is 1. The molecule has 0 saturated carbocycles. The van der Waals surface area contributed by atoms with E-state index in [-0.39, 0.29) is 12.5 Å². The zero-order valence-corrected chi connectivity index (χ0v) is 8.25. The van der Waals surface area contributed by atoms with Crippen LogP contribution in [0.3, 0.4) is 0 Å². The predicted octanol–water partition coefficient (Wildman–Crippen LogP) is -0.597. The second-order valence-corrected chi connectivity index (χ2v) is 3.78. The average Bonchev–Trinajstić information content (AvgIpc) is 2.14. The van der Waals surface area contributed by atoms with E-state index in [4.69, 9.17) is 5.73 Å². The van der Waals surface area contributed by atoms with E-state index < -0.39 is 0 Å². The van der Waals surface area contributed by atoms with Crippen LogP contribution in [0.2, 0.25) is 0 Å². The van der Waals surface area contributed by atoms with E-state index in [9.17, 15) is 4.79 Å². The van der Waals surface area contributed by atoms with Gasteiger partial charge in [0.1, 0.15) is 0 Å². The molecule has 1 saturated heterocycles. The zero-order valence-electron chi connectivity index (χ0n) is 8.25. The third kappa shape index (κ3) is 3.74. The minimum absolute atomic E-state index is 0.0479. The molecule has 0 spiro atoms. The van der Waals surface area contributed by atoms with Crippen molar-refractivity contribution in [3.63, 3.8) is 0 Å². The van der Waals surface area contributed by atoms with Crippen molar-refractivity contribution in [2.45, 2.75) is 12.8 Å². The van der Waals surface area contributed by atoms with E-state index in [1.165, 1.54) is 19.4 Å². The molecule has 13 heavy (non-hydrogen) atoms. The maximum absolute atomic E-state index is 10.9. The Morgan fingerprint density at radius 1 is 1.69 bits per heavy atom. The van der Waals surface area contributed by atoms with Crippen LogP contribution in [0.5, 0.6) is 0 Å². The molecule has 0 aromatic heterocycles. The molecule has 76 valence electrons. The van der Waals surface area contributed by atoms with Gasteiger partial charge >= 0.3 is 0 Å². The van der Waals surface area contributed by atoms with Gasteiger partial charge in [0.2, 0.25) is 5.91 Å². The molecule has 4 heteroatoms. The molecule has 4 nitrogen and oxygen atoms in total. The first-order chi connectivity index (χ1) is 6.22. The van der Waals surface area contributed by atoms with Gasteiger partial charge in [0.15, 0.2) is 0 Å². The molecule has 1 amide bonds. The van der Waals surface area contributed by atoms with Gasteiger partial charge in [-0.2, -0.15) is 0 Å². The lowest BCUT2D eigenvalue weighted by atomic mass is 9.98. The van der Waals surface area contributed by atoms with E-state index >= 15 is 0 Å². The molecule has 0 aromatic carbocycles. The van der Waals surface area contributed by atoms with Crippen molar-refractivity contribution in [3.05, 3.63) is 0 Å². The van der Waals surface area contributed by atoms with Crippen molar-refractivity contribution in [3.8, 4) is 0 Å². The van der Waals surface area contributed by atoms with E-state index in [0.717, 1.165) is 13.1 Å². The van der Waals surface area contributed by atoms with Gasteiger partial charge in [0, 0.05) is 13.1 Å². The van der Waals surface area contributed by atoms with Gasteiger partial charge in [0.25, 0.3) is 0 Å². The Balaban J connectivity index is 2.17. The summed E-state index contributed by atoms with van der Waals surface area (Å²) in [6.07, 6.45) is 2.45. The number of rotatable bonds is 3. The summed E-state index contributed by atoms with van der Waals surface area (Å²) in [5.41, 5.74) is 5.19. The minimum Gasteiger partial charge on any atom is -0.355 e. The summed E-state index contributed by atoms with van der Waals surface area (Å²) in [6.45, 7) is 3.15. The van der Waals surface area contributed by atoms with Gasteiger partial charge in [0.05, 0.1) is 6.54 Å². The number of nitrogens with one attached hydrogen (secondary N) is 1. The number of amides is 1. The molecule has 0 radical (unpaired) electrons. The second-order valence-electron chi connectivity index (χ2n) is 3.78. The molecule has 1 fully saturated rings. The topological polar surface area (TPSA) is 58.4 Å². The van der Waals surface area contributed by atoms with Crippen molar-refractivity contribution < 1.29 is 4.79 Å². The van der Waals surface area contributed by atoms with Crippen LogP contribution in [0, 0.1) is 5.92 Å². The molecule has 1 atom stereocenters. The van der Waals surface area contributed by atoms with Crippen molar-refractivity contribution in [2.24, 2.45) is 11.7 Å². The SMILES string of the molecule is CN1CCC[C@H](CNC(=O)CN)C1. The average molecular weight is 185 g/mol. The zero-order chi connectivity index (χ0) is 9.68. The Hall–Kier alpha value is -0.610. The lowest BCUT2D eigenvalue weighted by Crippen LogP contribution is -2.40. The van der Waals surface area contributed by atoms with Crippen LogP contribution in [0.25, 0.3) is 0 Å². The molecule has 0 unspecified atom stereocenters. The van der Waals surface area contributed by atoms with Crippen molar-refractivity contribution in [2.75, 3.05) is 33.2 Å². The van der Waals surface area contributed by atoms with Crippen LogP contribution in [0.15, 0.2) is 0 Å². The predicted molar refractivity (Wildman–Crippen MR) is 52.3 cm³/mol. The Bertz CT molecular complexity index is 172. The lowest BCUT2D eigenvalue weighted by Gasteiger charge is -2.29. The summed E-state index contributed by atoms with van der Waals surface area (Å²) in [5.74, 6) is 0.558. The van der Waals surface area contributed by atoms with Gasteiger partial charge < -0.3 is 16.0 Å². The Morgan fingerprint density at radius 2 is 2.46 bits per heavy atom. The third-order valence-corrected chi connectivity index (χ3v) is 2.50. The minimum atomic E-state index is -0.0479. The van der Waals surface area contributed by atoms with E-state index in [1.807, 2.05) is 0 Å². The third-order valence-electron chi connectivity index (χ3n) is 2.50. The Morgan fingerprint density at radius 3 is 3.08 bits per heavy atom. The molecule has 1 aliphatic rings. The quantitative estimate of drug-likeness (QED) is 0.617. The highest BCUT2D eigenvalue weighted by Gasteiger charge is 2.16. The fourth-order valence-corrected chi connectivity index (χ4v) is 1.77. The smallest absolute Gasteiger partial charge is 0.233 e. The van der Waals surface area contributed by atoms with Gasteiger partial charge in [-0.15, -0.1) is 0 Å². The first-order valence-corrected chi connectivity index (χ1v) is 4.87. The Labute approximate surface area is 79.5 Å². The molecule has 1 heterocycles. The van der Waals surface area contributed by atoms with Crippen LogP contribution in [0.1, 0.15) is 12.8 Å². The molecule has 0 aromatic rings. The molecule has 3 N–H and O–H groups in total. The number of hydrogen-bond acceptors (Lipinski definition) is 3. The molecular formula is C9H19N3O. The van der Waals surface area contributed by atoms with E-state index in [0.29, 0.717) is 5.92 Å². The molecule has 0 aliphatic carbocycles. The maximum Gasteiger partial charge on any atom is 0.233 e. The number of likely N-dealkylation sites (tertiary alicyclic amines) is 1. The molecular weight excluding hydrogens is 166 g/mol. The van der Waals surface area contributed by atoms with Crippen LogP contribution in [0.4, 0.5) is 0 Å². The fraction of sp³-hybridized carbons (Fsp3) is 0.889. The van der Waals surface area contributed by atoms with Crippen molar-refractivity contribution in [1.29, 1.82) is 0 Å². The van der Waals surface area contributed by atoms with Gasteiger partial charge in [-0.25, -0.2) is 0 Å². The van der Waals surface area contributed by atoms with Crippen LogP contribution >= 0.6 is 0 Å². The monoisotopic (exact) mass is 185 g/mol. The number of hydrogen-bond donors (Lipinski definition) is 2. The lowest BCUT2D eigenvalue weighted by molar-refractivity contribution is -0.120. The number of piperidine rings is 1. The number of carbonyl (C=O) groups excluding carboxylic acids is 1. The largest absolute Gasteiger partial charge is 0.355 e.